The van der Waals surface area contributed by atoms with Gasteiger partial charge in [-0.05, 0) is 18.6 Å². The van der Waals surface area contributed by atoms with Crippen molar-refractivity contribution >= 4 is 28.4 Å². The lowest BCUT2D eigenvalue weighted by Gasteiger charge is -2.09. The van der Waals surface area contributed by atoms with Crippen LogP contribution in [0.1, 0.15) is 12.3 Å². The molecule has 3 aromatic rings. The number of rotatable bonds is 5. The van der Waals surface area contributed by atoms with Gasteiger partial charge in [0.05, 0.1) is 28.9 Å². The Morgan fingerprint density at radius 1 is 1.17 bits per heavy atom. The van der Waals surface area contributed by atoms with E-state index in [1.807, 2.05) is 54.6 Å². The van der Waals surface area contributed by atoms with Crippen molar-refractivity contribution in [3.8, 4) is 22.8 Å². The first kappa shape index (κ1) is 18.9. The number of nitrogens with one attached hydrogen (secondary N) is 1. The molecule has 1 aromatic carbocycles. The molecule has 0 saturated heterocycles. The Balaban J connectivity index is 1.67. The second-order valence-corrected chi connectivity index (χ2v) is 7.36. The van der Waals surface area contributed by atoms with Crippen molar-refractivity contribution < 1.29 is 8.97 Å². The van der Waals surface area contributed by atoms with Gasteiger partial charge in [0.1, 0.15) is 6.26 Å². The molecule has 4 rings (SSSR count). The third-order valence-corrected chi connectivity index (χ3v) is 4.64. The Morgan fingerprint density at radius 3 is 2.90 bits per heavy atom. The minimum Gasteiger partial charge on any atom is -0.593 e. The molecule has 0 saturated carbocycles. The summed E-state index contributed by atoms with van der Waals surface area (Å²) in [6.07, 6.45) is 13.6. The van der Waals surface area contributed by atoms with E-state index in [2.05, 4.69) is 24.9 Å². The fraction of sp³-hybridized carbons (Fsp3) is 0.100. The summed E-state index contributed by atoms with van der Waals surface area (Å²) in [5.74, 6) is 0.816. The van der Waals surface area contributed by atoms with E-state index in [1.165, 1.54) is 0 Å². The number of anilines is 2. The molecule has 9 heteroatoms. The molecule has 0 bridgehead atoms. The van der Waals surface area contributed by atoms with E-state index >= 15 is 0 Å². The minimum absolute atomic E-state index is 0.197. The first-order valence-electron chi connectivity index (χ1n) is 8.80. The summed E-state index contributed by atoms with van der Waals surface area (Å²) < 4.78 is 20.1. The maximum absolute atomic E-state index is 11.4. The van der Waals surface area contributed by atoms with E-state index in [-0.39, 0.29) is 11.7 Å². The van der Waals surface area contributed by atoms with Gasteiger partial charge >= 0.3 is 0 Å². The quantitative estimate of drug-likeness (QED) is 0.618. The Labute approximate surface area is 170 Å². The molecule has 2 heterocycles. The average Bonchev–Trinajstić information content (AvgIpc) is 3.03. The van der Waals surface area contributed by atoms with Gasteiger partial charge in [0.25, 0.3) is 5.89 Å². The summed E-state index contributed by atoms with van der Waals surface area (Å²) in [6.45, 7) is 0. The van der Waals surface area contributed by atoms with E-state index in [0.29, 0.717) is 29.4 Å². The Hall–Kier alpha value is -3.43. The normalized spacial score (nSPS) is 14.3. The van der Waals surface area contributed by atoms with Crippen molar-refractivity contribution in [2.45, 2.75) is 6.42 Å². The van der Waals surface area contributed by atoms with Crippen LogP contribution < -0.4 is 10.5 Å². The van der Waals surface area contributed by atoms with Crippen LogP contribution >= 0.6 is 0 Å². The van der Waals surface area contributed by atoms with Crippen LogP contribution in [-0.4, -0.2) is 31.0 Å². The number of hydrogen-bond donors (Lipinski definition) is 2. The summed E-state index contributed by atoms with van der Waals surface area (Å²) in [6, 6.07) is 7.37. The van der Waals surface area contributed by atoms with Gasteiger partial charge in [-0.1, -0.05) is 42.5 Å². The second kappa shape index (κ2) is 8.29. The maximum Gasteiger partial charge on any atom is 0.270 e. The zero-order valence-electron chi connectivity index (χ0n) is 15.6. The van der Waals surface area contributed by atoms with Crippen LogP contribution in [0, 0.1) is 0 Å². The van der Waals surface area contributed by atoms with Gasteiger partial charge in [-0.25, -0.2) is 14.7 Å². The number of nitrogens with two attached hydrogens (primary N) is 1. The summed E-state index contributed by atoms with van der Waals surface area (Å²) in [5.41, 5.74) is 9.32. The van der Waals surface area contributed by atoms with Gasteiger partial charge in [-0.15, -0.1) is 10.2 Å². The number of allylic oxidation sites excluding steroid dienone is 6. The molecule has 8 nitrogen and oxygen atoms in total. The third kappa shape index (κ3) is 4.36. The Morgan fingerprint density at radius 2 is 2.03 bits per heavy atom. The van der Waals surface area contributed by atoms with Crippen LogP contribution in [0.2, 0.25) is 0 Å². The molecule has 146 valence electrons. The zero-order chi connectivity index (χ0) is 20.2. The molecule has 1 atom stereocenters. The van der Waals surface area contributed by atoms with Crippen LogP contribution in [0.3, 0.4) is 0 Å². The first-order chi connectivity index (χ1) is 14.1. The number of nitrogens with zero attached hydrogens (tertiary/aromatic N) is 4. The zero-order valence-corrected chi connectivity index (χ0v) is 16.4. The molecule has 1 aliphatic rings. The van der Waals surface area contributed by atoms with Crippen molar-refractivity contribution in [2.24, 2.45) is 0 Å². The van der Waals surface area contributed by atoms with Gasteiger partial charge in [0.15, 0.2) is 11.5 Å². The molecular formula is C20H18N6O2S. The van der Waals surface area contributed by atoms with Crippen molar-refractivity contribution in [1.29, 1.82) is 0 Å². The van der Waals surface area contributed by atoms with Crippen molar-refractivity contribution in [1.82, 2.24) is 20.2 Å². The standard InChI is InChI=1S/C20H18N6O2S/c1-29(27)26-15-10-6-9-14(11-15)16-12-22-18(21)17(23-16)20-25-24-19(28-20)13-7-4-2-3-5-8-13/h2-7,9-12,26H,8H2,1H3,(H2,21,22). The highest BCUT2D eigenvalue weighted by Crippen LogP contribution is 2.28. The van der Waals surface area contributed by atoms with Crippen LogP contribution in [0.4, 0.5) is 11.5 Å². The maximum atomic E-state index is 11.4. The fourth-order valence-electron chi connectivity index (χ4n) is 2.79. The molecule has 2 aromatic heterocycles. The van der Waals surface area contributed by atoms with E-state index in [9.17, 15) is 4.55 Å². The molecule has 0 radical (unpaired) electrons. The predicted molar refractivity (Wildman–Crippen MR) is 114 cm³/mol. The van der Waals surface area contributed by atoms with Gasteiger partial charge in [-0.2, -0.15) is 0 Å². The van der Waals surface area contributed by atoms with E-state index in [4.69, 9.17) is 10.2 Å². The van der Waals surface area contributed by atoms with Crippen molar-refractivity contribution in [3.63, 3.8) is 0 Å². The molecule has 1 unspecified atom stereocenters. The largest absolute Gasteiger partial charge is 0.593 e. The van der Waals surface area contributed by atoms with Crippen LogP contribution in [0.5, 0.6) is 0 Å². The monoisotopic (exact) mass is 406 g/mol. The van der Waals surface area contributed by atoms with Gasteiger partial charge in [0, 0.05) is 11.1 Å². The lowest BCUT2D eigenvalue weighted by molar-refractivity contribution is 0.550. The van der Waals surface area contributed by atoms with Crippen LogP contribution in [0.15, 0.2) is 65.3 Å². The molecular weight excluding hydrogens is 388 g/mol. The molecule has 0 amide bonds. The van der Waals surface area contributed by atoms with E-state index in [0.717, 1.165) is 11.1 Å². The highest BCUT2D eigenvalue weighted by atomic mass is 32.2. The third-order valence-electron chi connectivity index (χ3n) is 4.12. The molecule has 1 aliphatic carbocycles. The lowest BCUT2D eigenvalue weighted by Crippen LogP contribution is -2.09. The van der Waals surface area contributed by atoms with Gasteiger partial charge in [0.2, 0.25) is 5.89 Å². The Bertz CT molecular complexity index is 1120. The smallest absolute Gasteiger partial charge is 0.270 e. The molecule has 0 fully saturated rings. The molecule has 0 spiro atoms. The number of benzene rings is 1. The van der Waals surface area contributed by atoms with Crippen molar-refractivity contribution in [2.75, 3.05) is 16.7 Å². The van der Waals surface area contributed by atoms with Crippen molar-refractivity contribution in [3.05, 3.63) is 66.7 Å². The molecule has 0 aliphatic heterocycles. The SMILES string of the molecule is C[S+]([O-])Nc1cccc(-c2cnc(N)c(-c3nnc(C4=CC=CC=CC4)o3)n2)c1. The van der Waals surface area contributed by atoms with E-state index in [1.54, 1.807) is 12.5 Å². The highest BCUT2D eigenvalue weighted by molar-refractivity contribution is 7.92. The summed E-state index contributed by atoms with van der Waals surface area (Å²) in [7, 11) is 0. The van der Waals surface area contributed by atoms with Crippen LogP contribution in [0.25, 0.3) is 28.4 Å². The summed E-state index contributed by atoms with van der Waals surface area (Å²) in [5, 5.41) is 8.23. The van der Waals surface area contributed by atoms with Crippen LogP contribution in [-0.2, 0) is 11.4 Å². The second-order valence-electron chi connectivity index (χ2n) is 6.25. The molecule has 29 heavy (non-hydrogen) atoms. The Kier molecular flexibility index (Phi) is 5.41. The summed E-state index contributed by atoms with van der Waals surface area (Å²) >= 11 is -1.17. The topological polar surface area (TPSA) is 126 Å². The fourth-order valence-corrected chi connectivity index (χ4v) is 3.25. The number of aromatic nitrogens is 4. The highest BCUT2D eigenvalue weighted by Gasteiger charge is 2.17. The lowest BCUT2D eigenvalue weighted by atomic mass is 10.1. The predicted octanol–water partition coefficient (Wildman–Crippen LogP) is 3.38. The first-order valence-corrected chi connectivity index (χ1v) is 10.4. The summed E-state index contributed by atoms with van der Waals surface area (Å²) in [4.78, 5) is 8.80. The minimum atomic E-state index is -1.17. The molecule has 3 N–H and O–H groups in total. The van der Waals surface area contributed by atoms with Gasteiger partial charge < -0.3 is 14.7 Å². The number of hydrogen-bond acceptors (Lipinski definition) is 8. The number of nitrogen functional groups attached to an aromatic ring is 1. The van der Waals surface area contributed by atoms with Gasteiger partial charge in [-0.3, -0.25) is 0 Å². The van der Waals surface area contributed by atoms with E-state index < -0.39 is 11.4 Å². The average molecular weight is 406 g/mol.